The van der Waals surface area contributed by atoms with Crippen LogP contribution < -0.4 is 5.32 Å². The van der Waals surface area contributed by atoms with Gasteiger partial charge in [0.1, 0.15) is 11.6 Å². The normalized spacial score (nSPS) is 26.0. The van der Waals surface area contributed by atoms with Crippen LogP contribution in [0.25, 0.3) is 0 Å². The Morgan fingerprint density at radius 2 is 1.95 bits per heavy atom. The van der Waals surface area contributed by atoms with Crippen LogP contribution in [0.3, 0.4) is 0 Å². The lowest BCUT2D eigenvalue weighted by Gasteiger charge is -2.30. The molecular formula is C14H22F3NO4. The molecular weight excluding hydrogens is 303 g/mol. The number of alkyl halides is 3. The number of carbonyl (C=O) groups is 2. The molecule has 22 heavy (non-hydrogen) atoms. The smallest absolute Gasteiger partial charge is 0.442 e. The zero-order chi connectivity index (χ0) is 17.2. The van der Waals surface area contributed by atoms with Crippen molar-refractivity contribution in [1.29, 1.82) is 0 Å². The maximum atomic E-state index is 13.3. The topological polar surface area (TPSA) is 64.6 Å². The van der Waals surface area contributed by atoms with E-state index in [1.165, 1.54) is 0 Å². The molecule has 5 nitrogen and oxygen atoms in total. The Balaban J connectivity index is 2.80. The quantitative estimate of drug-likeness (QED) is 0.787. The lowest BCUT2D eigenvalue weighted by molar-refractivity contribution is -0.269. The first kappa shape index (κ1) is 18.7. The summed E-state index contributed by atoms with van der Waals surface area (Å²) in [7, 11) is 0. The van der Waals surface area contributed by atoms with Gasteiger partial charge >= 0.3 is 18.1 Å². The molecule has 0 amide bonds. The zero-order valence-corrected chi connectivity index (χ0v) is 13.2. The second-order valence-electron chi connectivity index (χ2n) is 6.32. The van der Waals surface area contributed by atoms with E-state index in [0.717, 1.165) is 0 Å². The molecule has 0 aromatic carbocycles. The van der Waals surface area contributed by atoms with E-state index in [2.05, 4.69) is 10.1 Å². The fourth-order valence-corrected chi connectivity index (χ4v) is 2.17. The molecule has 0 bridgehead atoms. The Kier molecular flexibility index (Phi) is 5.48. The molecule has 1 rings (SSSR count). The molecule has 1 N–H and O–H groups in total. The van der Waals surface area contributed by atoms with E-state index in [4.69, 9.17) is 4.74 Å². The molecule has 1 aliphatic rings. The molecule has 1 fully saturated rings. The molecule has 2 atom stereocenters. The van der Waals surface area contributed by atoms with Crippen LogP contribution in [0.2, 0.25) is 0 Å². The Bertz CT molecular complexity index is 431. The molecule has 8 heteroatoms. The van der Waals surface area contributed by atoms with Crippen molar-refractivity contribution < 1.29 is 32.2 Å². The van der Waals surface area contributed by atoms with Crippen molar-refractivity contribution in [2.45, 2.75) is 76.9 Å². The molecule has 128 valence electrons. The van der Waals surface area contributed by atoms with E-state index in [1.54, 1.807) is 27.7 Å². The van der Waals surface area contributed by atoms with Crippen LogP contribution in [0, 0.1) is 0 Å². The van der Waals surface area contributed by atoms with Crippen LogP contribution >= 0.6 is 0 Å². The summed E-state index contributed by atoms with van der Waals surface area (Å²) in [6.07, 6.45) is -5.25. The molecule has 0 spiro atoms. The number of cyclic esters (lactones) is 1. The van der Waals surface area contributed by atoms with E-state index >= 15 is 0 Å². The van der Waals surface area contributed by atoms with Gasteiger partial charge in [0, 0.05) is 6.42 Å². The van der Waals surface area contributed by atoms with Crippen molar-refractivity contribution in [1.82, 2.24) is 5.32 Å². The molecule has 0 radical (unpaired) electrons. The van der Waals surface area contributed by atoms with E-state index in [0.29, 0.717) is 6.42 Å². The van der Waals surface area contributed by atoms with Gasteiger partial charge in [-0.25, -0.2) is 0 Å². The number of esters is 2. The standard InChI is InChI=1S/C14H22F3NO4/c1-5-6-9-11(20)22-13(18-9,14(15,16)17)8-7-10(19)21-12(2,3)4/h9,18H,5-8H2,1-4H3. The van der Waals surface area contributed by atoms with E-state index < -0.39 is 48.3 Å². The lowest BCUT2D eigenvalue weighted by atomic mass is 10.1. The highest BCUT2D eigenvalue weighted by Gasteiger charge is 2.63. The predicted octanol–water partition coefficient (Wildman–Crippen LogP) is 2.68. The maximum absolute atomic E-state index is 13.3. The van der Waals surface area contributed by atoms with Crippen LogP contribution in [-0.4, -0.2) is 35.5 Å². The number of hydrogen-bond donors (Lipinski definition) is 1. The van der Waals surface area contributed by atoms with Gasteiger partial charge in [-0.3, -0.25) is 14.9 Å². The molecule has 2 unspecified atom stereocenters. The monoisotopic (exact) mass is 325 g/mol. The van der Waals surface area contributed by atoms with Crippen LogP contribution in [0.5, 0.6) is 0 Å². The van der Waals surface area contributed by atoms with E-state index in [-0.39, 0.29) is 6.42 Å². The number of carbonyl (C=O) groups excluding carboxylic acids is 2. The Morgan fingerprint density at radius 3 is 2.41 bits per heavy atom. The van der Waals surface area contributed by atoms with Crippen molar-refractivity contribution in [3.63, 3.8) is 0 Å². The Morgan fingerprint density at radius 1 is 1.36 bits per heavy atom. The summed E-state index contributed by atoms with van der Waals surface area (Å²) >= 11 is 0. The molecule has 0 aromatic rings. The van der Waals surface area contributed by atoms with Crippen LogP contribution in [-0.2, 0) is 19.1 Å². The third-order valence-electron chi connectivity index (χ3n) is 3.10. The van der Waals surface area contributed by atoms with E-state index in [9.17, 15) is 22.8 Å². The van der Waals surface area contributed by atoms with Crippen molar-refractivity contribution in [2.75, 3.05) is 0 Å². The molecule has 1 saturated heterocycles. The van der Waals surface area contributed by atoms with Gasteiger partial charge < -0.3 is 9.47 Å². The first-order valence-electron chi connectivity index (χ1n) is 7.19. The van der Waals surface area contributed by atoms with Crippen LogP contribution in [0.15, 0.2) is 0 Å². The zero-order valence-electron chi connectivity index (χ0n) is 13.2. The number of nitrogens with one attached hydrogen (secondary N) is 1. The first-order valence-corrected chi connectivity index (χ1v) is 7.19. The Labute approximate surface area is 127 Å². The van der Waals surface area contributed by atoms with Crippen molar-refractivity contribution in [3.8, 4) is 0 Å². The largest absolute Gasteiger partial charge is 0.460 e. The SMILES string of the molecule is CCCC1NC(CCC(=O)OC(C)(C)C)(C(F)(F)F)OC1=O. The van der Waals surface area contributed by atoms with Gasteiger partial charge in [0.25, 0.3) is 5.72 Å². The molecule has 0 saturated carbocycles. The number of halogens is 3. The second kappa shape index (κ2) is 6.44. The first-order chi connectivity index (χ1) is 9.90. The van der Waals surface area contributed by atoms with Crippen molar-refractivity contribution in [3.05, 3.63) is 0 Å². The molecule has 1 heterocycles. The third-order valence-corrected chi connectivity index (χ3v) is 3.10. The molecule has 0 aliphatic carbocycles. The summed E-state index contributed by atoms with van der Waals surface area (Å²) in [4.78, 5) is 23.2. The van der Waals surface area contributed by atoms with Gasteiger partial charge in [-0.05, 0) is 27.2 Å². The minimum atomic E-state index is -4.81. The van der Waals surface area contributed by atoms with Gasteiger partial charge in [0.2, 0.25) is 0 Å². The summed E-state index contributed by atoms with van der Waals surface area (Å²) in [5.41, 5.74) is -3.60. The van der Waals surface area contributed by atoms with Gasteiger partial charge in [-0.2, -0.15) is 13.2 Å². The van der Waals surface area contributed by atoms with Crippen molar-refractivity contribution in [2.24, 2.45) is 0 Å². The van der Waals surface area contributed by atoms with Crippen LogP contribution in [0.1, 0.15) is 53.4 Å². The average Bonchev–Trinajstić information content (AvgIpc) is 2.63. The predicted molar refractivity (Wildman–Crippen MR) is 71.8 cm³/mol. The fourth-order valence-electron chi connectivity index (χ4n) is 2.17. The maximum Gasteiger partial charge on any atom is 0.442 e. The highest BCUT2D eigenvalue weighted by Crippen LogP contribution is 2.39. The van der Waals surface area contributed by atoms with E-state index in [1.807, 2.05) is 0 Å². The fraction of sp³-hybridized carbons (Fsp3) is 0.857. The Hall–Kier alpha value is -1.31. The summed E-state index contributed by atoms with van der Waals surface area (Å²) in [5, 5.41) is 2.21. The highest BCUT2D eigenvalue weighted by molar-refractivity contribution is 5.78. The minimum absolute atomic E-state index is 0.239. The summed E-state index contributed by atoms with van der Waals surface area (Å²) < 4.78 is 49.5. The molecule has 0 aromatic heterocycles. The van der Waals surface area contributed by atoms with Crippen LogP contribution in [0.4, 0.5) is 13.2 Å². The van der Waals surface area contributed by atoms with Gasteiger partial charge in [0.15, 0.2) is 0 Å². The lowest BCUT2D eigenvalue weighted by Crippen LogP contribution is -2.56. The summed E-state index contributed by atoms with van der Waals surface area (Å²) in [6, 6.07) is -1.01. The second-order valence-corrected chi connectivity index (χ2v) is 6.32. The van der Waals surface area contributed by atoms with Gasteiger partial charge in [0.05, 0.1) is 6.42 Å². The third kappa shape index (κ3) is 4.59. The number of rotatable bonds is 5. The average molecular weight is 325 g/mol. The number of ether oxygens (including phenoxy) is 2. The highest BCUT2D eigenvalue weighted by atomic mass is 19.4. The van der Waals surface area contributed by atoms with Gasteiger partial charge in [-0.1, -0.05) is 13.3 Å². The molecule has 1 aliphatic heterocycles. The summed E-state index contributed by atoms with van der Waals surface area (Å²) in [6.45, 7) is 6.61. The van der Waals surface area contributed by atoms with Gasteiger partial charge in [-0.15, -0.1) is 0 Å². The summed E-state index contributed by atoms with van der Waals surface area (Å²) in [5.74, 6) is -1.71. The van der Waals surface area contributed by atoms with Crippen molar-refractivity contribution >= 4 is 11.9 Å². The minimum Gasteiger partial charge on any atom is -0.460 e. The number of hydrogen-bond acceptors (Lipinski definition) is 5.